The van der Waals surface area contributed by atoms with Gasteiger partial charge in [-0.2, -0.15) is 0 Å². The molecule has 1 amide bonds. The predicted molar refractivity (Wildman–Crippen MR) is 67.1 cm³/mol. The van der Waals surface area contributed by atoms with Crippen LogP contribution in [-0.2, 0) is 4.74 Å². The average molecular weight is 251 g/mol. The fourth-order valence-corrected chi connectivity index (χ4v) is 1.62. The molecule has 16 heavy (non-hydrogen) atoms. The van der Waals surface area contributed by atoms with Gasteiger partial charge in [0.15, 0.2) is 0 Å². The quantitative estimate of drug-likeness (QED) is 0.749. The van der Waals surface area contributed by atoms with Gasteiger partial charge in [-0.3, -0.25) is 0 Å². The number of alkyl carbamates (subject to hydrolysis) is 1. The standard InChI is InChI=1S/C11H22N2O2.ClH/c1-11(2,3)15-10(14)13-9-6-4-5-7-12-8-9;/h9,12H,4-8H2,1-3H3,(H,13,14);1H. The van der Waals surface area contributed by atoms with E-state index in [0.717, 1.165) is 25.9 Å². The van der Waals surface area contributed by atoms with E-state index in [9.17, 15) is 4.79 Å². The lowest BCUT2D eigenvalue weighted by molar-refractivity contribution is 0.0503. The summed E-state index contributed by atoms with van der Waals surface area (Å²) in [5, 5.41) is 6.19. The SMILES string of the molecule is CC(C)(C)OC(=O)NC1CCCCNC1.Cl. The largest absolute Gasteiger partial charge is 0.444 e. The van der Waals surface area contributed by atoms with Crippen LogP contribution < -0.4 is 10.6 Å². The van der Waals surface area contributed by atoms with Gasteiger partial charge in [0.2, 0.25) is 0 Å². The van der Waals surface area contributed by atoms with Gasteiger partial charge in [0.1, 0.15) is 5.60 Å². The zero-order chi connectivity index (χ0) is 11.3. The molecule has 0 saturated carbocycles. The molecule has 0 aromatic heterocycles. The Morgan fingerprint density at radius 3 is 2.69 bits per heavy atom. The molecule has 1 aliphatic heterocycles. The number of hydrogen-bond donors (Lipinski definition) is 2. The second kappa shape index (κ2) is 6.97. The summed E-state index contributed by atoms with van der Waals surface area (Å²) in [6.07, 6.45) is 3.07. The maximum Gasteiger partial charge on any atom is 0.407 e. The number of nitrogens with one attached hydrogen (secondary N) is 2. The molecule has 1 heterocycles. The summed E-state index contributed by atoms with van der Waals surface area (Å²) in [6, 6.07) is 0.211. The summed E-state index contributed by atoms with van der Waals surface area (Å²) in [4.78, 5) is 11.5. The van der Waals surface area contributed by atoms with Gasteiger partial charge in [-0.05, 0) is 40.2 Å². The highest BCUT2D eigenvalue weighted by Gasteiger charge is 2.19. The van der Waals surface area contributed by atoms with E-state index < -0.39 is 5.60 Å². The van der Waals surface area contributed by atoms with Gasteiger partial charge >= 0.3 is 6.09 Å². The summed E-state index contributed by atoms with van der Waals surface area (Å²) >= 11 is 0. The third-order valence-corrected chi connectivity index (χ3v) is 2.27. The highest BCUT2D eigenvalue weighted by atomic mass is 35.5. The van der Waals surface area contributed by atoms with Crippen molar-refractivity contribution in [3.8, 4) is 0 Å². The minimum absolute atomic E-state index is 0. The van der Waals surface area contributed by atoms with Crippen molar-refractivity contribution >= 4 is 18.5 Å². The Kier molecular flexibility index (Phi) is 6.76. The molecule has 0 aromatic rings. The molecule has 2 N–H and O–H groups in total. The summed E-state index contributed by atoms with van der Waals surface area (Å²) in [7, 11) is 0. The van der Waals surface area contributed by atoms with Crippen LogP contribution in [0.4, 0.5) is 4.79 Å². The normalized spacial score (nSPS) is 21.6. The van der Waals surface area contributed by atoms with E-state index in [1.54, 1.807) is 0 Å². The average Bonchev–Trinajstić information content (AvgIpc) is 2.28. The monoisotopic (exact) mass is 250 g/mol. The van der Waals surface area contributed by atoms with Gasteiger partial charge in [-0.25, -0.2) is 4.79 Å². The van der Waals surface area contributed by atoms with E-state index >= 15 is 0 Å². The van der Waals surface area contributed by atoms with E-state index in [4.69, 9.17) is 4.74 Å². The molecular formula is C11H23ClN2O2. The first-order valence-electron chi connectivity index (χ1n) is 5.67. The minimum atomic E-state index is -0.414. The Morgan fingerprint density at radius 2 is 2.06 bits per heavy atom. The van der Waals surface area contributed by atoms with Gasteiger partial charge in [-0.1, -0.05) is 6.42 Å². The first-order valence-corrected chi connectivity index (χ1v) is 5.67. The molecule has 0 aromatic carbocycles. The molecule has 4 nitrogen and oxygen atoms in total. The van der Waals surface area contributed by atoms with Crippen LogP contribution in [-0.4, -0.2) is 30.8 Å². The van der Waals surface area contributed by atoms with Crippen LogP contribution in [0.5, 0.6) is 0 Å². The summed E-state index contributed by atoms with van der Waals surface area (Å²) in [5.74, 6) is 0. The van der Waals surface area contributed by atoms with Crippen LogP contribution in [0.25, 0.3) is 0 Å². The fourth-order valence-electron chi connectivity index (χ4n) is 1.62. The Balaban J connectivity index is 0.00000225. The van der Waals surface area contributed by atoms with Crippen LogP contribution in [0, 0.1) is 0 Å². The van der Waals surface area contributed by atoms with Crippen molar-refractivity contribution in [2.75, 3.05) is 13.1 Å². The van der Waals surface area contributed by atoms with Crippen molar-refractivity contribution in [2.24, 2.45) is 0 Å². The van der Waals surface area contributed by atoms with Gasteiger partial charge in [0.05, 0.1) is 0 Å². The second-order valence-corrected chi connectivity index (χ2v) is 5.04. The molecular weight excluding hydrogens is 228 g/mol. The van der Waals surface area contributed by atoms with E-state index in [-0.39, 0.29) is 24.5 Å². The van der Waals surface area contributed by atoms with Gasteiger partial charge in [0.25, 0.3) is 0 Å². The van der Waals surface area contributed by atoms with Crippen molar-refractivity contribution in [1.82, 2.24) is 10.6 Å². The summed E-state index contributed by atoms with van der Waals surface area (Å²) in [6.45, 7) is 7.51. The van der Waals surface area contributed by atoms with E-state index in [0.29, 0.717) is 0 Å². The van der Waals surface area contributed by atoms with Crippen LogP contribution in [0.15, 0.2) is 0 Å². The highest BCUT2D eigenvalue weighted by molar-refractivity contribution is 5.85. The number of rotatable bonds is 1. The third-order valence-electron chi connectivity index (χ3n) is 2.27. The number of halogens is 1. The Bertz CT molecular complexity index is 209. The molecule has 0 radical (unpaired) electrons. The smallest absolute Gasteiger partial charge is 0.407 e. The maximum absolute atomic E-state index is 11.5. The van der Waals surface area contributed by atoms with E-state index in [1.807, 2.05) is 20.8 Å². The third kappa shape index (κ3) is 6.90. The molecule has 96 valence electrons. The Morgan fingerprint density at radius 1 is 1.38 bits per heavy atom. The van der Waals surface area contributed by atoms with Crippen LogP contribution in [0.3, 0.4) is 0 Å². The number of amides is 1. The topological polar surface area (TPSA) is 50.4 Å². The van der Waals surface area contributed by atoms with Crippen molar-refractivity contribution < 1.29 is 9.53 Å². The van der Waals surface area contributed by atoms with Crippen molar-refractivity contribution in [3.05, 3.63) is 0 Å². The number of ether oxygens (including phenoxy) is 1. The molecule has 1 rings (SSSR count). The molecule has 0 aliphatic carbocycles. The maximum atomic E-state index is 11.5. The molecule has 1 atom stereocenters. The van der Waals surface area contributed by atoms with Gasteiger partial charge in [0, 0.05) is 12.6 Å². The molecule has 1 fully saturated rings. The molecule has 0 bridgehead atoms. The molecule has 1 saturated heterocycles. The molecule has 5 heteroatoms. The van der Waals surface area contributed by atoms with Crippen LogP contribution in [0.2, 0.25) is 0 Å². The first-order chi connectivity index (χ1) is 6.97. The van der Waals surface area contributed by atoms with Gasteiger partial charge in [-0.15, -0.1) is 12.4 Å². The Hall–Kier alpha value is -0.480. The summed E-state index contributed by atoms with van der Waals surface area (Å²) < 4.78 is 5.20. The zero-order valence-electron chi connectivity index (χ0n) is 10.3. The number of carbonyl (C=O) groups is 1. The second-order valence-electron chi connectivity index (χ2n) is 5.04. The lowest BCUT2D eigenvalue weighted by atomic mass is 10.1. The fraction of sp³-hybridized carbons (Fsp3) is 0.909. The molecule has 1 aliphatic rings. The van der Waals surface area contributed by atoms with E-state index in [1.165, 1.54) is 6.42 Å². The predicted octanol–water partition coefficient (Wildman–Crippen LogP) is 2.08. The van der Waals surface area contributed by atoms with E-state index in [2.05, 4.69) is 10.6 Å². The zero-order valence-corrected chi connectivity index (χ0v) is 11.2. The van der Waals surface area contributed by atoms with Crippen molar-refractivity contribution in [1.29, 1.82) is 0 Å². The Labute approximate surface area is 104 Å². The van der Waals surface area contributed by atoms with Crippen LogP contribution in [0.1, 0.15) is 40.0 Å². The van der Waals surface area contributed by atoms with Gasteiger partial charge < -0.3 is 15.4 Å². The van der Waals surface area contributed by atoms with Crippen LogP contribution >= 0.6 is 12.4 Å². The highest BCUT2D eigenvalue weighted by Crippen LogP contribution is 2.08. The lowest BCUT2D eigenvalue weighted by Crippen LogP contribution is -2.43. The molecule has 0 spiro atoms. The van der Waals surface area contributed by atoms with Crippen molar-refractivity contribution in [2.45, 2.75) is 51.7 Å². The first kappa shape index (κ1) is 15.5. The lowest BCUT2D eigenvalue weighted by Gasteiger charge is -2.22. The number of carbonyl (C=O) groups excluding carboxylic acids is 1. The molecule has 1 unspecified atom stereocenters. The van der Waals surface area contributed by atoms with Crippen molar-refractivity contribution in [3.63, 3.8) is 0 Å². The minimum Gasteiger partial charge on any atom is -0.444 e. The number of hydrogen-bond acceptors (Lipinski definition) is 3. The summed E-state index contributed by atoms with van der Waals surface area (Å²) in [5.41, 5.74) is -0.414.